The minimum atomic E-state index is -0.580. The zero-order valence-corrected chi connectivity index (χ0v) is 13.6. The molecule has 1 aliphatic carbocycles. The van der Waals surface area contributed by atoms with Gasteiger partial charge in [0.1, 0.15) is 0 Å². The van der Waals surface area contributed by atoms with E-state index in [4.69, 9.17) is 0 Å². The normalized spacial score (nSPS) is 23.4. The first-order valence-corrected chi connectivity index (χ1v) is 8.60. The summed E-state index contributed by atoms with van der Waals surface area (Å²) in [5.74, 6) is 0.0676. The van der Waals surface area contributed by atoms with Gasteiger partial charge in [-0.2, -0.15) is 5.26 Å². The van der Waals surface area contributed by atoms with Gasteiger partial charge in [0, 0.05) is 11.5 Å². The Bertz CT molecular complexity index is 1010. The molecule has 0 radical (unpaired) electrons. The van der Waals surface area contributed by atoms with Crippen molar-refractivity contribution in [3.8, 4) is 17.3 Å². The third kappa shape index (κ3) is 2.00. The first kappa shape index (κ1) is 14.4. The molecule has 0 spiro atoms. The van der Waals surface area contributed by atoms with Crippen LogP contribution in [0.3, 0.4) is 0 Å². The quantitative estimate of drug-likeness (QED) is 0.742. The summed E-state index contributed by atoms with van der Waals surface area (Å²) in [5.41, 5.74) is 6.23. The third-order valence-corrected chi connectivity index (χ3v) is 5.67. The van der Waals surface area contributed by atoms with Gasteiger partial charge in [-0.3, -0.25) is 0 Å². The molecule has 2 aliphatic rings. The van der Waals surface area contributed by atoms with Crippen LogP contribution in [-0.2, 0) is 6.42 Å². The zero-order chi connectivity index (χ0) is 17.0. The molecule has 3 aromatic rings. The molecule has 5 rings (SSSR count). The second-order valence-corrected chi connectivity index (χ2v) is 6.89. The van der Waals surface area contributed by atoms with Gasteiger partial charge in [-0.15, -0.1) is 0 Å². The van der Waals surface area contributed by atoms with Gasteiger partial charge < -0.3 is 9.67 Å². The number of aromatic nitrogens is 2. The van der Waals surface area contributed by atoms with Crippen molar-refractivity contribution in [2.75, 3.05) is 0 Å². The van der Waals surface area contributed by atoms with Gasteiger partial charge in [0.05, 0.1) is 42.0 Å². The van der Waals surface area contributed by atoms with Gasteiger partial charge in [-0.1, -0.05) is 30.3 Å². The molecule has 0 fully saturated rings. The molecule has 25 heavy (non-hydrogen) atoms. The van der Waals surface area contributed by atoms with Crippen molar-refractivity contribution in [1.82, 2.24) is 9.55 Å². The zero-order valence-electron chi connectivity index (χ0n) is 13.6. The minimum Gasteiger partial charge on any atom is -0.388 e. The van der Waals surface area contributed by atoms with Crippen molar-refractivity contribution in [1.29, 1.82) is 5.26 Å². The van der Waals surface area contributed by atoms with Crippen LogP contribution in [0.1, 0.15) is 40.8 Å². The molecule has 0 saturated heterocycles. The first-order valence-electron chi connectivity index (χ1n) is 8.60. The molecule has 122 valence electrons. The van der Waals surface area contributed by atoms with Crippen molar-refractivity contribution in [3.05, 3.63) is 77.2 Å². The van der Waals surface area contributed by atoms with Gasteiger partial charge in [0.15, 0.2) is 0 Å². The second-order valence-electron chi connectivity index (χ2n) is 6.89. The fourth-order valence-electron chi connectivity index (χ4n) is 4.52. The Kier molecular flexibility index (Phi) is 3.06. The Morgan fingerprint density at radius 2 is 2.04 bits per heavy atom. The number of rotatable bonds is 1. The van der Waals surface area contributed by atoms with E-state index in [1.807, 2.05) is 36.8 Å². The summed E-state index contributed by atoms with van der Waals surface area (Å²) in [7, 11) is 0. The molecule has 4 nitrogen and oxygen atoms in total. The van der Waals surface area contributed by atoms with E-state index in [1.165, 1.54) is 11.1 Å². The van der Waals surface area contributed by atoms with Crippen LogP contribution in [-0.4, -0.2) is 14.7 Å². The van der Waals surface area contributed by atoms with E-state index in [1.54, 1.807) is 0 Å². The van der Waals surface area contributed by atoms with Crippen LogP contribution in [0.2, 0.25) is 0 Å². The maximum Gasteiger partial charge on any atom is 0.0991 e. The molecule has 0 bridgehead atoms. The van der Waals surface area contributed by atoms with E-state index >= 15 is 0 Å². The van der Waals surface area contributed by atoms with E-state index < -0.39 is 6.10 Å². The number of nitrogens with zero attached hydrogens (tertiary/aromatic N) is 3. The molecule has 0 saturated carbocycles. The van der Waals surface area contributed by atoms with Crippen molar-refractivity contribution in [3.63, 3.8) is 0 Å². The van der Waals surface area contributed by atoms with Crippen molar-refractivity contribution in [2.45, 2.75) is 25.0 Å². The van der Waals surface area contributed by atoms with Crippen LogP contribution in [0.4, 0.5) is 0 Å². The summed E-state index contributed by atoms with van der Waals surface area (Å²) in [4.78, 5) is 4.32. The Morgan fingerprint density at radius 3 is 2.92 bits per heavy atom. The van der Waals surface area contributed by atoms with Gasteiger partial charge in [-0.05, 0) is 41.7 Å². The molecule has 3 unspecified atom stereocenters. The lowest BCUT2D eigenvalue weighted by Crippen LogP contribution is -2.28. The van der Waals surface area contributed by atoms with Crippen LogP contribution in [0.25, 0.3) is 11.3 Å². The van der Waals surface area contributed by atoms with Gasteiger partial charge in [0.25, 0.3) is 0 Å². The highest BCUT2D eigenvalue weighted by molar-refractivity contribution is 5.69. The van der Waals surface area contributed by atoms with E-state index in [2.05, 4.69) is 33.8 Å². The fourth-order valence-corrected chi connectivity index (χ4v) is 4.52. The monoisotopic (exact) mass is 327 g/mol. The Labute approximate surface area is 146 Å². The summed E-state index contributed by atoms with van der Waals surface area (Å²) >= 11 is 0. The average molecular weight is 327 g/mol. The molecule has 2 heterocycles. The van der Waals surface area contributed by atoms with Crippen LogP contribution < -0.4 is 0 Å². The average Bonchev–Trinajstić information content (AvgIpc) is 3.23. The summed E-state index contributed by atoms with van der Waals surface area (Å²) in [6.07, 6.45) is 5.02. The first-order chi connectivity index (χ1) is 12.3. The number of aliphatic hydroxyl groups excluding tert-OH is 1. The van der Waals surface area contributed by atoms with Crippen molar-refractivity contribution < 1.29 is 5.11 Å². The number of fused-ring (bicyclic) bond motifs is 4. The number of nitriles is 1. The summed E-state index contributed by atoms with van der Waals surface area (Å²) in [6, 6.07) is 16.3. The SMILES string of the molecule is N#Cc1ccc2c(c1)C(O)C(C1c3ccccc3-c3cncn31)CC2. The predicted molar refractivity (Wildman–Crippen MR) is 93.7 cm³/mol. The highest BCUT2D eigenvalue weighted by Gasteiger charge is 2.40. The van der Waals surface area contributed by atoms with Gasteiger partial charge in [0.2, 0.25) is 0 Å². The Balaban J connectivity index is 1.62. The fraction of sp³-hybridized carbons (Fsp3) is 0.238. The number of imidazole rings is 1. The molecule has 2 aromatic carbocycles. The minimum absolute atomic E-state index is 0.0676. The number of hydrogen-bond donors (Lipinski definition) is 1. The largest absolute Gasteiger partial charge is 0.388 e. The number of benzene rings is 2. The molecule has 1 aromatic heterocycles. The van der Waals surface area contributed by atoms with Crippen molar-refractivity contribution in [2.24, 2.45) is 5.92 Å². The smallest absolute Gasteiger partial charge is 0.0991 e. The van der Waals surface area contributed by atoms with Gasteiger partial charge >= 0.3 is 0 Å². The topological polar surface area (TPSA) is 61.8 Å². The van der Waals surface area contributed by atoms with E-state index in [0.29, 0.717) is 5.56 Å². The lowest BCUT2D eigenvalue weighted by atomic mass is 9.75. The second kappa shape index (κ2) is 5.30. The summed E-state index contributed by atoms with van der Waals surface area (Å²) in [6.45, 7) is 0. The van der Waals surface area contributed by atoms with Crippen LogP contribution in [0, 0.1) is 17.2 Å². The van der Waals surface area contributed by atoms with Crippen molar-refractivity contribution >= 4 is 0 Å². The molecule has 3 atom stereocenters. The van der Waals surface area contributed by atoms with Crippen LogP contribution in [0.15, 0.2) is 55.0 Å². The summed E-state index contributed by atoms with van der Waals surface area (Å²) in [5, 5.41) is 20.3. The standard InChI is InChI=1S/C21H17N3O/c22-10-13-5-6-14-7-8-17(21(25)18(14)9-13)20-16-4-2-1-3-15(16)19-11-23-12-24(19)20/h1-6,9,11-12,17,20-21,25H,7-8H2. The van der Waals surface area contributed by atoms with E-state index in [0.717, 1.165) is 29.7 Å². The van der Waals surface area contributed by atoms with Crippen LogP contribution >= 0.6 is 0 Å². The number of aliphatic hydroxyl groups is 1. The maximum absolute atomic E-state index is 11.1. The lowest BCUT2D eigenvalue weighted by Gasteiger charge is -2.35. The number of hydrogen-bond acceptors (Lipinski definition) is 3. The molecular formula is C21H17N3O. The highest BCUT2D eigenvalue weighted by atomic mass is 16.3. The molecular weight excluding hydrogens is 310 g/mol. The number of aryl methyl sites for hydroxylation is 1. The maximum atomic E-state index is 11.1. The van der Waals surface area contributed by atoms with Crippen LogP contribution in [0.5, 0.6) is 0 Å². The van der Waals surface area contributed by atoms with Gasteiger partial charge in [-0.25, -0.2) is 4.98 Å². The molecule has 0 amide bonds. The molecule has 4 heteroatoms. The van der Waals surface area contributed by atoms with E-state index in [9.17, 15) is 10.4 Å². The lowest BCUT2D eigenvalue weighted by molar-refractivity contribution is 0.0720. The Hall–Kier alpha value is -2.90. The third-order valence-electron chi connectivity index (χ3n) is 5.67. The molecule has 1 N–H and O–H groups in total. The molecule has 1 aliphatic heterocycles. The predicted octanol–water partition coefficient (Wildman–Crippen LogP) is 3.62. The van der Waals surface area contributed by atoms with E-state index in [-0.39, 0.29) is 12.0 Å². The summed E-state index contributed by atoms with van der Waals surface area (Å²) < 4.78 is 2.19. The Morgan fingerprint density at radius 1 is 1.16 bits per heavy atom. The highest BCUT2D eigenvalue weighted by Crippen LogP contribution is 2.49.